The van der Waals surface area contributed by atoms with Gasteiger partial charge in [-0.3, -0.25) is 5.14 Å². The second kappa shape index (κ2) is 5.91. The van der Waals surface area contributed by atoms with Crippen LogP contribution in [0, 0.1) is 0 Å². The van der Waals surface area contributed by atoms with Crippen LogP contribution in [-0.4, -0.2) is 3.92 Å². The fourth-order valence-corrected chi connectivity index (χ4v) is 0.814. The third-order valence-corrected chi connectivity index (χ3v) is 1.49. The van der Waals surface area contributed by atoms with Crippen LogP contribution in [0.1, 0.15) is 13.3 Å². The van der Waals surface area contributed by atoms with Crippen LogP contribution >= 0.6 is 34.5 Å². The van der Waals surface area contributed by atoms with Gasteiger partial charge in [-0.25, -0.2) is 0 Å². The zero-order chi connectivity index (χ0) is 6.41. The third-order valence-electron chi connectivity index (χ3n) is 0.636. The van der Waals surface area contributed by atoms with Crippen molar-refractivity contribution < 1.29 is 0 Å². The van der Waals surface area contributed by atoms with Gasteiger partial charge in [-0.2, -0.15) is 0 Å². The van der Waals surface area contributed by atoms with E-state index >= 15 is 0 Å². The van der Waals surface area contributed by atoms with E-state index in [2.05, 4.69) is 35.6 Å². The Morgan fingerprint density at radius 3 is 2.88 bits per heavy atom. The summed E-state index contributed by atoms with van der Waals surface area (Å²) >= 11 is 3.64. The molecule has 2 N–H and O–H groups in total. The van der Waals surface area contributed by atoms with Crippen LogP contribution in [0.4, 0.5) is 0 Å². The SMILES string of the molecule is CC(I)C/C=C\SN. The topological polar surface area (TPSA) is 26.0 Å². The van der Waals surface area contributed by atoms with Gasteiger partial charge >= 0.3 is 0 Å². The van der Waals surface area contributed by atoms with E-state index in [9.17, 15) is 0 Å². The van der Waals surface area contributed by atoms with Crippen molar-refractivity contribution >= 4 is 34.5 Å². The summed E-state index contributed by atoms with van der Waals surface area (Å²) in [6.45, 7) is 2.17. The molecule has 1 atom stereocenters. The van der Waals surface area contributed by atoms with Crippen molar-refractivity contribution in [2.75, 3.05) is 0 Å². The Kier molecular flexibility index (Phi) is 6.48. The van der Waals surface area contributed by atoms with Crippen LogP contribution in [0.25, 0.3) is 0 Å². The molecule has 1 unspecified atom stereocenters. The minimum absolute atomic E-state index is 0.719. The molecule has 0 aliphatic heterocycles. The summed E-state index contributed by atoms with van der Waals surface area (Å²) in [6.07, 6.45) is 3.20. The molecule has 0 fully saturated rings. The van der Waals surface area contributed by atoms with Crippen molar-refractivity contribution in [1.29, 1.82) is 0 Å². The normalized spacial score (nSPS) is 14.9. The highest BCUT2D eigenvalue weighted by molar-refractivity contribution is 14.1. The van der Waals surface area contributed by atoms with Gasteiger partial charge in [0, 0.05) is 3.92 Å². The maximum atomic E-state index is 5.14. The van der Waals surface area contributed by atoms with Gasteiger partial charge in [-0.15, -0.1) is 0 Å². The van der Waals surface area contributed by atoms with E-state index in [4.69, 9.17) is 5.14 Å². The monoisotopic (exact) mass is 243 g/mol. The van der Waals surface area contributed by atoms with E-state index in [1.807, 2.05) is 5.41 Å². The highest BCUT2D eigenvalue weighted by Gasteiger charge is 1.87. The minimum Gasteiger partial charge on any atom is -0.274 e. The predicted octanol–water partition coefficient (Wildman–Crippen LogP) is 2.32. The van der Waals surface area contributed by atoms with Gasteiger partial charge in [0.2, 0.25) is 0 Å². The average Bonchev–Trinajstić information content (AvgIpc) is 1.66. The number of halogens is 1. The first kappa shape index (κ1) is 8.78. The van der Waals surface area contributed by atoms with Gasteiger partial charge < -0.3 is 0 Å². The predicted molar refractivity (Wildman–Crippen MR) is 49.0 cm³/mol. The smallest absolute Gasteiger partial charge is 0.0116 e. The fraction of sp³-hybridized carbons (Fsp3) is 0.600. The molecule has 0 amide bonds. The maximum absolute atomic E-state index is 5.14. The highest BCUT2D eigenvalue weighted by atomic mass is 127. The van der Waals surface area contributed by atoms with Crippen molar-refractivity contribution in [3.63, 3.8) is 0 Å². The molecule has 3 heteroatoms. The molecule has 0 bridgehead atoms. The first-order chi connectivity index (χ1) is 3.77. The lowest BCUT2D eigenvalue weighted by Gasteiger charge is -1.92. The Hall–Kier alpha value is 0.780. The molecule has 0 aliphatic carbocycles. The molecular formula is C5H10INS. The standard InChI is InChI=1S/C5H10INS/c1-5(6)3-2-4-8-7/h2,4-5H,3,7H2,1H3/b4-2-. The number of alkyl halides is 1. The Bertz CT molecular complexity index is 72.8. The molecule has 0 spiro atoms. The average molecular weight is 243 g/mol. The molecule has 0 aliphatic rings. The Morgan fingerprint density at radius 2 is 2.50 bits per heavy atom. The van der Waals surface area contributed by atoms with Crippen LogP contribution in [-0.2, 0) is 0 Å². The number of hydrogen-bond donors (Lipinski definition) is 1. The van der Waals surface area contributed by atoms with Crippen molar-refractivity contribution in [3.8, 4) is 0 Å². The first-order valence-electron chi connectivity index (χ1n) is 2.42. The summed E-state index contributed by atoms with van der Waals surface area (Å²) in [4.78, 5) is 0. The molecule has 0 saturated carbocycles. The van der Waals surface area contributed by atoms with E-state index in [1.54, 1.807) is 0 Å². The van der Waals surface area contributed by atoms with Crippen molar-refractivity contribution in [2.24, 2.45) is 5.14 Å². The molecule has 0 heterocycles. The lowest BCUT2D eigenvalue weighted by Crippen LogP contribution is -1.83. The van der Waals surface area contributed by atoms with E-state index < -0.39 is 0 Å². The summed E-state index contributed by atoms with van der Waals surface area (Å²) < 4.78 is 0.719. The number of allylic oxidation sites excluding steroid dienone is 1. The lowest BCUT2D eigenvalue weighted by atomic mass is 10.3. The molecule has 0 radical (unpaired) electrons. The van der Waals surface area contributed by atoms with E-state index in [-0.39, 0.29) is 0 Å². The van der Waals surface area contributed by atoms with Crippen LogP contribution in [0.15, 0.2) is 11.5 Å². The quantitative estimate of drug-likeness (QED) is 0.467. The maximum Gasteiger partial charge on any atom is 0.0116 e. The molecular weight excluding hydrogens is 233 g/mol. The van der Waals surface area contributed by atoms with E-state index in [1.165, 1.54) is 11.9 Å². The zero-order valence-electron chi connectivity index (χ0n) is 4.80. The van der Waals surface area contributed by atoms with Crippen molar-refractivity contribution in [2.45, 2.75) is 17.3 Å². The number of hydrogen-bond acceptors (Lipinski definition) is 2. The molecule has 48 valence electrons. The van der Waals surface area contributed by atoms with Gasteiger partial charge in [0.25, 0.3) is 0 Å². The second-order valence-corrected chi connectivity index (χ2v) is 4.20. The number of rotatable bonds is 3. The number of nitrogens with two attached hydrogens (primary N) is 1. The van der Waals surface area contributed by atoms with E-state index in [0.717, 1.165) is 10.3 Å². The van der Waals surface area contributed by atoms with Gasteiger partial charge in [0.1, 0.15) is 0 Å². The largest absolute Gasteiger partial charge is 0.274 e. The summed E-state index contributed by atoms with van der Waals surface area (Å²) in [5, 5.41) is 7.05. The molecule has 0 aromatic rings. The van der Waals surface area contributed by atoms with Crippen LogP contribution in [0.5, 0.6) is 0 Å². The van der Waals surface area contributed by atoms with Gasteiger partial charge in [-0.05, 0) is 11.8 Å². The highest BCUT2D eigenvalue weighted by Crippen LogP contribution is 2.05. The van der Waals surface area contributed by atoms with Gasteiger partial charge in [0.15, 0.2) is 0 Å². The third kappa shape index (κ3) is 6.78. The first-order valence-corrected chi connectivity index (χ1v) is 4.61. The van der Waals surface area contributed by atoms with Crippen LogP contribution < -0.4 is 5.14 Å². The Morgan fingerprint density at radius 1 is 1.88 bits per heavy atom. The molecule has 0 aromatic carbocycles. The molecule has 0 rings (SSSR count). The molecule has 0 aromatic heterocycles. The Labute approximate surface area is 68.4 Å². The Balaban J connectivity index is 3.03. The van der Waals surface area contributed by atoms with Crippen molar-refractivity contribution in [1.82, 2.24) is 0 Å². The molecule has 1 nitrogen and oxygen atoms in total. The lowest BCUT2D eigenvalue weighted by molar-refractivity contribution is 1.02. The summed E-state index contributed by atoms with van der Waals surface area (Å²) in [6, 6.07) is 0. The van der Waals surface area contributed by atoms with Gasteiger partial charge in [0.05, 0.1) is 0 Å². The van der Waals surface area contributed by atoms with E-state index in [0.29, 0.717) is 0 Å². The summed E-state index contributed by atoms with van der Waals surface area (Å²) in [7, 11) is 0. The molecule has 8 heavy (non-hydrogen) atoms. The van der Waals surface area contributed by atoms with Crippen molar-refractivity contribution in [3.05, 3.63) is 11.5 Å². The zero-order valence-corrected chi connectivity index (χ0v) is 7.78. The molecule has 0 saturated heterocycles. The second-order valence-electron chi connectivity index (χ2n) is 1.52. The minimum atomic E-state index is 0.719. The van der Waals surface area contributed by atoms with Crippen LogP contribution in [0.3, 0.4) is 0 Å². The van der Waals surface area contributed by atoms with Gasteiger partial charge in [-0.1, -0.05) is 47.5 Å². The van der Waals surface area contributed by atoms with Crippen LogP contribution in [0.2, 0.25) is 0 Å². The summed E-state index contributed by atoms with van der Waals surface area (Å²) in [5.41, 5.74) is 0. The fourth-order valence-electron chi connectivity index (χ4n) is 0.299. The summed E-state index contributed by atoms with van der Waals surface area (Å²) in [5.74, 6) is 0.